The van der Waals surface area contributed by atoms with Gasteiger partial charge in [0, 0.05) is 18.2 Å². The van der Waals surface area contributed by atoms with Crippen molar-refractivity contribution >= 4 is 21.8 Å². The highest BCUT2D eigenvalue weighted by Crippen LogP contribution is 2.23. The molecule has 1 aromatic carbocycles. The van der Waals surface area contributed by atoms with Gasteiger partial charge in [0.15, 0.2) is 0 Å². The molecule has 0 bridgehead atoms. The molecule has 1 aliphatic rings. The van der Waals surface area contributed by atoms with Crippen molar-refractivity contribution in [3.05, 3.63) is 34.1 Å². The molecule has 0 spiro atoms. The van der Waals surface area contributed by atoms with Gasteiger partial charge in [0.2, 0.25) is 0 Å². The number of ether oxygens (including phenoxy) is 1. The van der Waals surface area contributed by atoms with E-state index in [1.807, 2.05) is 6.92 Å². The SMILES string of the molecule is CCOC1CC(N)C1NC(=O)c1ccc(Br)c(F)c1. The highest BCUT2D eigenvalue weighted by atomic mass is 79.9. The summed E-state index contributed by atoms with van der Waals surface area (Å²) in [6.07, 6.45) is 0.678. The van der Waals surface area contributed by atoms with Crippen molar-refractivity contribution < 1.29 is 13.9 Å². The summed E-state index contributed by atoms with van der Waals surface area (Å²) in [4.78, 5) is 12.0. The average Bonchev–Trinajstić information content (AvgIpc) is 2.38. The minimum absolute atomic E-state index is 0.0516. The van der Waals surface area contributed by atoms with Crippen LogP contribution in [-0.2, 0) is 4.74 Å². The monoisotopic (exact) mass is 330 g/mol. The zero-order valence-corrected chi connectivity index (χ0v) is 12.1. The lowest BCUT2D eigenvalue weighted by atomic mass is 9.83. The van der Waals surface area contributed by atoms with E-state index < -0.39 is 5.82 Å². The summed E-state index contributed by atoms with van der Waals surface area (Å²) < 4.78 is 19.2. The van der Waals surface area contributed by atoms with Crippen LogP contribution in [0.25, 0.3) is 0 Å². The van der Waals surface area contributed by atoms with Crippen molar-refractivity contribution in [1.29, 1.82) is 0 Å². The highest BCUT2D eigenvalue weighted by molar-refractivity contribution is 9.10. The first-order valence-corrected chi connectivity index (χ1v) is 6.95. The van der Waals surface area contributed by atoms with Gasteiger partial charge in [-0.05, 0) is 47.5 Å². The summed E-state index contributed by atoms with van der Waals surface area (Å²) >= 11 is 3.05. The van der Waals surface area contributed by atoms with Crippen LogP contribution in [0, 0.1) is 5.82 Å². The van der Waals surface area contributed by atoms with E-state index in [-0.39, 0.29) is 29.7 Å². The Morgan fingerprint density at radius 3 is 2.95 bits per heavy atom. The molecule has 4 nitrogen and oxygen atoms in total. The zero-order chi connectivity index (χ0) is 14.0. The van der Waals surface area contributed by atoms with Crippen LogP contribution >= 0.6 is 15.9 Å². The summed E-state index contributed by atoms with van der Waals surface area (Å²) in [6, 6.07) is 3.94. The molecule has 0 aromatic heterocycles. The summed E-state index contributed by atoms with van der Waals surface area (Å²) in [7, 11) is 0. The first-order valence-electron chi connectivity index (χ1n) is 6.16. The molecule has 1 amide bonds. The summed E-state index contributed by atoms with van der Waals surface area (Å²) in [6.45, 7) is 2.48. The molecule has 6 heteroatoms. The van der Waals surface area contributed by atoms with E-state index in [2.05, 4.69) is 21.2 Å². The van der Waals surface area contributed by atoms with Crippen LogP contribution in [0.15, 0.2) is 22.7 Å². The molecule has 3 atom stereocenters. The minimum Gasteiger partial charge on any atom is -0.376 e. The number of benzene rings is 1. The molecule has 3 N–H and O–H groups in total. The largest absolute Gasteiger partial charge is 0.376 e. The molecule has 3 unspecified atom stereocenters. The van der Waals surface area contributed by atoms with Crippen molar-refractivity contribution in [3.63, 3.8) is 0 Å². The number of hydrogen-bond donors (Lipinski definition) is 2. The van der Waals surface area contributed by atoms with E-state index in [0.29, 0.717) is 11.1 Å². The second-order valence-corrected chi connectivity index (χ2v) is 5.38. The molecule has 0 saturated heterocycles. The van der Waals surface area contributed by atoms with Gasteiger partial charge in [-0.3, -0.25) is 4.79 Å². The summed E-state index contributed by atoms with van der Waals surface area (Å²) in [5.74, 6) is -0.803. The summed E-state index contributed by atoms with van der Waals surface area (Å²) in [5, 5.41) is 2.79. The maximum absolute atomic E-state index is 13.4. The third-order valence-corrected chi connectivity index (χ3v) is 3.87. The van der Waals surface area contributed by atoms with Crippen LogP contribution in [0.1, 0.15) is 23.7 Å². The maximum atomic E-state index is 13.4. The third kappa shape index (κ3) is 3.13. The van der Waals surface area contributed by atoms with Gasteiger partial charge in [0.1, 0.15) is 5.82 Å². The van der Waals surface area contributed by atoms with E-state index in [1.165, 1.54) is 12.1 Å². The number of nitrogens with one attached hydrogen (secondary N) is 1. The molecule has 1 aliphatic carbocycles. The number of nitrogens with two attached hydrogens (primary N) is 1. The molecule has 1 fully saturated rings. The Hall–Kier alpha value is -0.980. The molecule has 1 saturated carbocycles. The molecular weight excluding hydrogens is 315 g/mol. The van der Waals surface area contributed by atoms with Gasteiger partial charge in [-0.1, -0.05) is 0 Å². The normalized spacial score (nSPS) is 25.8. The van der Waals surface area contributed by atoms with Gasteiger partial charge in [0.25, 0.3) is 5.91 Å². The fourth-order valence-electron chi connectivity index (χ4n) is 2.10. The average molecular weight is 331 g/mol. The quantitative estimate of drug-likeness (QED) is 0.885. The number of amides is 1. The molecule has 104 valence electrons. The first-order chi connectivity index (χ1) is 9.02. The molecule has 0 radical (unpaired) electrons. The van der Waals surface area contributed by atoms with Gasteiger partial charge in [-0.2, -0.15) is 0 Å². The zero-order valence-electron chi connectivity index (χ0n) is 10.5. The highest BCUT2D eigenvalue weighted by Gasteiger charge is 2.40. The number of carbonyl (C=O) groups is 1. The Kier molecular flexibility index (Phi) is 4.54. The van der Waals surface area contributed by atoms with Crippen molar-refractivity contribution in [2.45, 2.75) is 31.5 Å². The number of rotatable bonds is 4. The van der Waals surface area contributed by atoms with E-state index in [9.17, 15) is 9.18 Å². The van der Waals surface area contributed by atoms with Gasteiger partial charge in [-0.15, -0.1) is 0 Å². The van der Waals surface area contributed by atoms with Gasteiger partial charge in [-0.25, -0.2) is 4.39 Å². The van der Waals surface area contributed by atoms with Crippen molar-refractivity contribution in [1.82, 2.24) is 5.32 Å². The standard InChI is InChI=1S/C13H16BrFN2O2/c1-2-19-11-6-10(16)12(11)17-13(18)7-3-4-8(14)9(15)5-7/h3-5,10-12H,2,6,16H2,1H3,(H,17,18). The van der Waals surface area contributed by atoms with Crippen LogP contribution in [0.4, 0.5) is 4.39 Å². The molecule has 1 aromatic rings. The summed E-state index contributed by atoms with van der Waals surface area (Å²) in [5.41, 5.74) is 6.12. The molecule has 2 rings (SSSR count). The lowest BCUT2D eigenvalue weighted by Gasteiger charge is -2.42. The number of carbonyl (C=O) groups excluding carboxylic acids is 1. The second-order valence-electron chi connectivity index (χ2n) is 4.52. The number of hydrogen-bond acceptors (Lipinski definition) is 3. The lowest BCUT2D eigenvalue weighted by molar-refractivity contribution is -0.0300. The minimum atomic E-state index is -0.466. The van der Waals surface area contributed by atoms with Gasteiger partial charge >= 0.3 is 0 Å². The smallest absolute Gasteiger partial charge is 0.251 e. The van der Waals surface area contributed by atoms with Crippen molar-refractivity contribution in [2.75, 3.05) is 6.61 Å². The lowest BCUT2D eigenvalue weighted by Crippen LogP contribution is -2.64. The topological polar surface area (TPSA) is 64.3 Å². The van der Waals surface area contributed by atoms with Crippen LogP contribution in [-0.4, -0.2) is 30.7 Å². The molecule has 0 aliphatic heterocycles. The van der Waals surface area contributed by atoms with Crippen molar-refractivity contribution in [3.8, 4) is 0 Å². The van der Waals surface area contributed by atoms with Gasteiger partial charge in [0.05, 0.1) is 16.6 Å². The maximum Gasteiger partial charge on any atom is 0.251 e. The van der Waals surface area contributed by atoms with E-state index in [4.69, 9.17) is 10.5 Å². The Labute approximate surface area is 119 Å². The molecule has 19 heavy (non-hydrogen) atoms. The van der Waals surface area contributed by atoms with E-state index >= 15 is 0 Å². The Morgan fingerprint density at radius 2 is 2.37 bits per heavy atom. The Bertz CT molecular complexity index is 482. The van der Waals surface area contributed by atoms with Crippen LogP contribution in [0.5, 0.6) is 0 Å². The number of halogens is 2. The predicted molar refractivity (Wildman–Crippen MR) is 73.4 cm³/mol. The predicted octanol–water partition coefficient (Wildman–Crippen LogP) is 1.82. The third-order valence-electron chi connectivity index (χ3n) is 3.23. The van der Waals surface area contributed by atoms with E-state index in [0.717, 1.165) is 6.42 Å². The Balaban J connectivity index is 2.02. The van der Waals surface area contributed by atoms with E-state index in [1.54, 1.807) is 6.07 Å². The molecule has 0 heterocycles. The fourth-order valence-corrected chi connectivity index (χ4v) is 2.35. The van der Waals surface area contributed by atoms with Crippen molar-refractivity contribution in [2.24, 2.45) is 5.73 Å². The van der Waals surface area contributed by atoms with Crippen LogP contribution < -0.4 is 11.1 Å². The van der Waals surface area contributed by atoms with Gasteiger partial charge < -0.3 is 15.8 Å². The Morgan fingerprint density at radius 1 is 1.63 bits per heavy atom. The fraction of sp³-hybridized carbons (Fsp3) is 0.462. The second kappa shape index (κ2) is 5.98. The van der Waals surface area contributed by atoms with Crippen LogP contribution in [0.2, 0.25) is 0 Å². The van der Waals surface area contributed by atoms with Crippen LogP contribution in [0.3, 0.4) is 0 Å². The molecular formula is C13H16BrFN2O2. The first kappa shape index (κ1) is 14.4.